The van der Waals surface area contributed by atoms with Crippen LogP contribution in [0.1, 0.15) is 0 Å². The molecule has 0 aliphatic heterocycles. The molecule has 1 aromatic rings. The molecule has 0 heterocycles. The Morgan fingerprint density at radius 1 is 1.20 bits per heavy atom. The van der Waals surface area contributed by atoms with Gasteiger partial charge in [0.1, 0.15) is 0 Å². The Hall–Kier alpha value is -0.380. The Balaban J connectivity index is 0.000000810. The molecule has 0 aliphatic carbocycles. The predicted octanol–water partition coefficient (Wildman–Crippen LogP) is 0.838. The number of hydrogen-bond donors (Lipinski definition) is 1. The van der Waals surface area contributed by atoms with Crippen LogP contribution >= 0.6 is 0 Å². The zero-order valence-electron chi connectivity index (χ0n) is 4.69. The first-order chi connectivity index (χ1) is 4.30. The maximum atomic E-state index is 10.1. The van der Waals surface area contributed by atoms with Crippen molar-refractivity contribution in [1.82, 2.24) is 0 Å². The summed E-state index contributed by atoms with van der Waals surface area (Å²) in [7, 11) is 0. The number of rotatable bonds is 1. The van der Waals surface area contributed by atoms with Gasteiger partial charge in [0, 0.05) is 12.1 Å². The summed E-state index contributed by atoms with van der Waals surface area (Å²) in [4.78, 5) is 9.95. The van der Waals surface area contributed by atoms with Gasteiger partial charge in [0.05, 0.1) is 4.91 Å². The van der Waals surface area contributed by atoms with E-state index in [1.54, 1.807) is 18.2 Å². The Morgan fingerprint density at radius 2 is 1.70 bits per heavy atom. The molecular weight excluding hydrogens is 141 g/mol. The van der Waals surface area contributed by atoms with E-state index in [1.165, 1.54) is 12.1 Å². The molecule has 1 aromatic carbocycles. The summed E-state index contributed by atoms with van der Waals surface area (Å²) in [6.07, 6.45) is 0. The molecule has 0 saturated heterocycles. The van der Waals surface area contributed by atoms with Gasteiger partial charge in [-0.2, -0.15) is 0 Å². The van der Waals surface area contributed by atoms with Gasteiger partial charge in [-0.15, -0.1) is 0 Å². The quantitative estimate of drug-likeness (QED) is 0.473. The van der Waals surface area contributed by atoms with Gasteiger partial charge < -0.3 is 0 Å². The number of benzene rings is 1. The summed E-state index contributed by atoms with van der Waals surface area (Å²) in [5.41, 5.74) is 0.248. The van der Waals surface area contributed by atoms with E-state index in [9.17, 15) is 4.91 Å². The number of para-hydroxylation sites is 1. The van der Waals surface area contributed by atoms with Crippen LogP contribution in [0.5, 0.6) is 0 Å². The molecule has 4 heteroatoms. The molecule has 0 saturated carbocycles. The zero-order valence-corrected chi connectivity index (χ0v) is 4.69. The minimum atomic E-state index is -0.167. The van der Waals surface area contributed by atoms with Gasteiger partial charge in [-0.25, -0.2) is 5.21 Å². The van der Waals surface area contributed by atoms with Crippen LogP contribution in [0.4, 0.5) is 5.69 Å². The molecule has 0 fully saturated rings. The van der Waals surface area contributed by atoms with Crippen molar-refractivity contribution in [2.24, 2.45) is 0 Å². The van der Waals surface area contributed by atoms with Crippen LogP contribution in [0.3, 0.4) is 0 Å². The van der Waals surface area contributed by atoms with E-state index in [2.05, 4.69) is 0 Å². The topological polar surface area (TPSA) is 40.3 Å². The Kier molecular flexibility index (Phi) is 4.27. The second-order valence-electron chi connectivity index (χ2n) is 1.61. The van der Waals surface area contributed by atoms with Crippen LogP contribution in [0.15, 0.2) is 30.3 Å². The summed E-state index contributed by atoms with van der Waals surface area (Å²) in [6, 6.07) is 8.17. The van der Waals surface area contributed by atoms with Crippen molar-refractivity contribution in [3.05, 3.63) is 35.2 Å². The van der Waals surface area contributed by atoms with Crippen molar-refractivity contribution in [2.75, 3.05) is 0 Å². The van der Waals surface area contributed by atoms with Gasteiger partial charge in [0.2, 0.25) is 0 Å². The molecule has 1 N–H and O–H groups in total. The van der Waals surface area contributed by atoms with Crippen molar-refractivity contribution in [3.63, 3.8) is 0 Å². The van der Waals surface area contributed by atoms with Crippen LogP contribution in [0, 0.1) is 4.91 Å². The van der Waals surface area contributed by atoms with Gasteiger partial charge >= 0.3 is 35.2 Å². The number of nitrogens with zero attached hydrogens (tertiary/aromatic N) is 1. The Bertz CT molecular complexity index is 212. The first-order valence-electron chi connectivity index (χ1n) is 2.52. The number of hydrogen-bond acceptors (Lipinski definition) is 1. The third kappa shape index (κ3) is 2.47. The molecule has 48 valence electrons. The van der Waals surface area contributed by atoms with E-state index in [1.807, 2.05) is 0 Å². The summed E-state index contributed by atoms with van der Waals surface area (Å²) < 4.78 is 0. The summed E-state index contributed by atoms with van der Waals surface area (Å²) in [5.74, 6) is 0. The zero-order chi connectivity index (χ0) is 6.69. The van der Waals surface area contributed by atoms with Crippen molar-refractivity contribution in [2.45, 2.75) is 0 Å². The third-order valence-corrected chi connectivity index (χ3v) is 0.977. The normalized spacial score (nSPS) is 8.00. The Labute approximate surface area is 80.5 Å². The second-order valence-corrected chi connectivity index (χ2v) is 1.61. The van der Waals surface area contributed by atoms with E-state index in [-0.39, 0.29) is 40.2 Å². The van der Waals surface area contributed by atoms with E-state index in [4.69, 9.17) is 5.21 Å². The molecule has 1 rings (SSSR count). The maximum absolute atomic E-state index is 10.1. The van der Waals surface area contributed by atoms with Crippen LogP contribution in [-0.4, -0.2) is 39.7 Å². The van der Waals surface area contributed by atoms with Crippen molar-refractivity contribution < 1.29 is 10.1 Å². The Morgan fingerprint density at radius 3 is 2.00 bits per heavy atom. The fourth-order valence-electron chi connectivity index (χ4n) is 0.556. The fraction of sp³-hybridized carbons (Fsp3) is 0. The minimum absolute atomic E-state index is 0. The average Bonchev–Trinajstić information content (AvgIpc) is 1.90. The van der Waals surface area contributed by atoms with Crippen molar-refractivity contribution >= 4 is 35.2 Å². The summed E-state index contributed by atoms with van der Waals surface area (Å²) >= 11 is 0. The fourth-order valence-corrected chi connectivity index (χ4v) is 0.556. The predicted molar refractivity (Wildman–Crippen MR) is 38.7 cm³/mol. The average molecular weight is 148 g/mol. The molecular formula is C6H7NNaO2+. The van der Waals surface area contributed by atoms with Gasteiger partial charge in [-0.3, -0.25) is 0 Å². The van der Waals surface area contributed by atoms with Crippen LogP contribution in [0.25, 0.3) is 0 Å². The summed E-state index contributed by atoms with van der Waals surface area (Å²) in [6.45, 7) is 0. The second kappa shape index (κ2) is 4.44. The van der Waals surface area contributed by atoms with Gasteiger partial charge in [0.15, 0.2) is 0 Å². The van der Waals surface area contributed by atoms with E-state index < -0.39 is 0 Å². The molecule has 10 heavy (non-hydrogen) atoms. The monoisotopic (exact) mass is 148 g/mol. The standard InChI is InChI=1S/C6H6NO2.Na.H/c8-7(9)6-4-2-1-3-5-6;;/h1-5H,(H,8,9);;/q+1;;. The molecule has 3 nitrogen and oxygen atoms in total. The molecule has 0 aromatic heterocycles. The third-order valence-electron chi connectivity index (χ3n) is 0.977. The SMILES string of the molecule is O=[N+](O)c1ccccc1.[NaH]. The molecule has 0 spiro atoms. The van der Waals surface area contributed by atoms with Crippen molar-refractivity contribution in [1.29, 1.82) is 0 Å². The van der Waals surface area contributed by atoms with Crippen LogP contribution in [-0.2, 0) is 0 Å². The van der Waals surface area contributed by atoms with Gasteiger partial charge in [-0.1, -0.05) is 18.2 Å². The van der Waals surface area contributed by atoms with Crippen LogP contribution < -0.4 is 0 Å². The van der Waals surface area contributed by atoms with Crippen molar-refractivity contribution in [3.8, 4) is 0 Å². The summed E-state index contributed by atoms with van der Waals surface area (Å²) in [5, 5.41) is 8.30. The molecule has 0 amide bonds. The van der Waals surface area contributed by atoms with Gasteiger partial charge in [0.25, 0.3) is 4.92 Å². The molecule has 0 aliphatic rings. The molecule has 0 bridgehead atoms. The molecule has 0 radical (unpaired) electrons. The molecule has 0 atom stereocenters. The first-order valence-corrected chi connectivity index (χ1v) is 2.52. The van der Waals surface area contributed by atoms with Gasteiger partial charge in [-0.05, 0) is 0 Å². The van der Waals surface area contributed by atoms with E-state index >= 15 is 0 Å². The molecule has 0 unspecified atom stereocenters. The van der Waals surface area contributed by atoms with Crippen LogP contribution in [0.2, 0.25) is 0 Å². The first kappa shape index (κ1) is 9.62. The van der Waals surface area contributed by atoms with E-state index in [0.29, 0.717) is 0 Å². The van der Waals surface area contributed by atoms with E-state index in [0.717, 1.165) is 0 Å².